The third-order valence-corrected chi connectivity index (χ3v) is 2.39. The summed E-state index contributed by atoms with van der Waals surface area (Å²) in [6, 6.07) is 0. The second-order valence-corrected chi connectivity index (χ2v) is 3.71. The standard InChI is InChI=1S/C9H10F3N3/c10-7-8(14-2-1-13-7)15-5-6-3-9(11,12)4-6/h1-2,6H,3-5H2,(H,14,15). The number of alkyl halides is 2. The quantitative estimate of drug-likeness (QED) is 0.842. The molecule has 0 atom stereocenters. The highest BCUT2D eigenvalue weighted by Gasteiger charge is 2.44. The van der Waals surface area contributed by atoms with Gasteiger partial charge in [0.05, 0.1) is 0 Å². The summed E-state index contributed by atoms with van der Waals surface area (Å²) in [5.41, 5.74) is 0. The minimum Gasteiger partial charge on any atom is -0.366 e. The maximum atomic E-state index is 12.9. The number of halogens is 3. The summed E-state index contributed by atoms with van der Waals surface area (Å²) < 4.78 is 37.9. The van der Waals surface area contributed by atoms with Gasteiger partial charge in [-0.05, 0) is 5.92 Å². The van der Waals surface area contributed by atoms with Crippen molar-refractivity contribution in [2.75, 3.05) is 11.9 Å². The van der Waals surface area contributed by atoms with Crippen LogP contribution in [-0.2, 0) is 0 Å². The first kappa shape index (κ1) is 10.2. The van der Waals surface area contributed by atoms with Crippen molar-refractivity contribution < 1.29 is 13.2 Å². The van der Waals surface area contributed by atoms with E-state index in [9.17, 15) is 13.2 Å². The monoisotopic (exact) mass is 217 g/mol. The SMILES string of the molecule is Fc1nccnc1NCC1CC(F)(F)C1. The van der Waals surface area contributed by atoms with Gasteiger partial charge in [-0.1, -0.05) is 0 Å². The van der Waals surface area contributed by atoms with Gasteiger partial charge in [0.25, 0.3) is 5.95 Å². The Labute approximate surface area is 84.7 Å². The maximum Gasteiger partial charge on any atom is 0.255 e. The van der Waals surface area contributed by atoms with Crippen molar-refractivity contribution in [2.24, 2.45) is 5.92 Å². The second-order valence-electron chi connectivity index (χ2n) is 3.71. The van der Waals surface area contributed by atoms with Crippen molar-refractivity contribution in [3.8, 4) is 0 Å². The van der Waals surface area contributed by atoms with Crippen molar-refractivity contribution in [1.82, 2.24) is 9.97 Å². The molecule has 6 heteroatoms. The summed E-state index contributed by atoms with van der Waals surface area (Å²) in [5, 5.41) is 2.67. The van der Waals surface area contributed by atoms with Crippen LogP contribution < -0.4 is 5.32 Å². The zero-order valence-electron chi connectivity index (χ0n) is 7.88. The van der Waals surface area contributed by atoms with Gasteiger partial charge in [0.1, 0.15) is 0 Å². The molecule has 1 saturated carbocycles. The number of anilines is 1. The molecule has 0 saturated heterocycles. The van der Waals surface area contributed by atoms with E-state index >= 15 is 0 Å². The highest BCUT2D eigenvalue weighted by Crippen LogP contribution is 2.42. The second kappa shape index (κ2) is 3.67. The Morgan fingerprint density at radius 2 is 2.00 bits per heavy atom. The predicted molar refractivity (Wildman–Crippen MR) is 48.2 cm³/mol. The lowest BCUT2D eigenvalue weighted by atomic mass is 9.81. The summed E-state index contributed by atoms with van der Waals surface area (Å²) in [6.45, 7) is 0.311. The highest BCUT2D eigenvalue weighted by molar-refractivity contribution is 5.31. The summed E-state index contributed by atoms with van der Waals surface area (Å²) in [6.07, 6.45) is 2.31. The zero-order chi connectivity index (χ0) is 10.9. The average molecular weight is 217 g/mol. The molecule has 0 unspecified atom stereocenters. The van der Waals surface area contributed by atoms with Gasteiger partial charge >= 0.3 is 0 Å². The number of rotatable bonds is 3. The molecule has 3 nitrogen and oxygen atoms in total. The first-order chi connectivity index (χ1) is 7.07. The van der Waals surface area contributed by atoms with Crippen LogP contribution in [0.5, 0.6) is 0 Å². The Kier molecular flexibility index (Phi) is 2.50. The van der Waals surface area contributed by atoms with Crippen LogP contribution in [0.25, 0.3) is 0 Å². The molecule has 15 heavy (non-hydrogen) atoms. The van der Waals surface area contributed by atoms with Gasteiger partial charge in [0, 0.05) is 31.8 Å². The number of nitrogens with zero attached hydrogens (tertiary/aromatic N) is 2. The van der Waals surface area contributed by atoms with Crippen molar-refractivity contribution in [3.63, 3.8) is 0 Å². The zero-order valence-corrected chi connectivity index (χ0v) is 7.88. The van der Waals surface area contributed by atoms with Crippen LogP contribution in [0.15, 0.2) is 12.4 Å². The van der Waals surface area contributed by atoms with Crippen LogP contribution in [0.3, 0.4) is 0 Å². The van der Waals surface area contributed by atoms with Crippen LogP contribution in [0, 0.1) is 11.9 Å². The minimum atomic E-state index is -2.53. The first-order valence-corrected chi connectivity index (χ1v) is 4.65. The Balaban J connectivity index is 1.82. The van der Waals surface area contributed by atoms with E-state index in [1.807, 2.05) is 0 Å². The number of aromatic nitrogens is 2. The first-order valence-electron chi connectivity index (χ1n) is 4.65. The van der Waals surface area contributed by atoms with E-state index in [1.165, 1.54) is 12.4 Å². The Bertz CT molecular complexity index is 348. The van der Waals surface area contributed by atoms with E-state index in [2.05, 4.69) is 15.3 Å². The summed E-state index contributed by atoms with van der Waals surface area (Å²) in [7, 11) is 0. The van der Waals surface area contributed by atoms with Gasteiger partial charge < -0.3 is 5.32 Å². The number of hydrogen-bond donors (Lipinski definition) is 1. The molecule has 1 aliphatic carbocycles. The lowest BCUT2D eigenvalue weighted by Crippen LogP contribution is -2.39. The van der Waals surface area contributed by atoms with Gasteiger partial charge in [0.2, 0.25) is 5.92 Å². The van der Waals surface area contributed by atoms with Gasteiger partial charge in [-0.2, -0.15) is 4.39 Å². The van der Waals surface area contributed by atoms with Crippen molar-refractivity contribution in [1.29, 1.82) is 0 Å². The predicted octanol–water partition coefficient (Wildman–Crippen LogP) is 2.07. The molecule has 1 fully saturated rings. The molecule has 1 heterocycles. The fourth-order valence-corrected chi connectivity index (χ4v) is 1.61. The van der Waals surface area contributed by atoms with Gasteiger partial charge in [0.15, 0.2) is 5.82 Å². The van der Waals surface area contributed by atoms with Crippen molar-refractivity contribution >= 4 is 5.82 Å². The molecule has 0 radical (unpaired) electrons. The van der Waals surface area contributed by atoms with Crippen LogP contribution in [0.4, 0.5) is 19.0 Å². The molecule has 82 valence electrons. The van der Waals surface area contributed by atoms with E-state index in [1.54, 1.807) is 0 Å². The molecular formula is C9H10F3N3. The summed E-state index contributed by atoms with van der Waals surface area (Å²) >= 11 is 0. The average Bonchev–Trinajstić information content (AvgIpc) is 2.13. The van der Waals surface area contributed by atoms with Gasteiger partial charge in [-0.3, -0.25) is 0 Å². The van der Waals surface area contributed by atoms with Crippen LogP contribution >= 0.6 is 0 Å². The fourth-order valence-electron chi connectivity index (χ4n) is 1.61. The van der Waals surface area contributed by atoms with Crippen molar-refractivity contribution in [3.05, 3.63) is 18.3 Å². The lowest BCUT2D eigenvalue weighted by molar-refractivity contribution is -0.106. The molecule has 0 spiro atoms. The summed E-state index contributed by atoms with van der Waals surface area (Å²) in [4.78, 5) is 7.10. The number of hydrogen-bond acceptors (Lipinski definition) is 3. The van der Waals surface area contributed by atoms with E-state index in [-0.39, 0.29) is 24.6 Å². The third-order valence-electron chi connectivity index (χ3n) is 2.39. The van der Waals surface area contributed by atoms with E-state index < -0.39 is 11.9 Å². The molecule has 1 aliphatic rings. The molecule has 2 rings (SSSR count). The van der Waals surface area contributed by atoms with E-state index in [4.69, 9.17) is 0 Å². The molecule has 0 amide bonds. The van der Waals surface area contributed by atoms with E-state index in [0.29, 0.717) is 6.54 Å². The molecular weight excluding hydrogens is 207 g/mol. The topological polar surface area (TPSA) is 37.8 Å². The molecule has 0 aliphatic heterocycles. The van der Waals surface area contributed by atoms with Gasteiger partial charge in [-0.25, -0.2) is 18.7 Å². The Morgan fingerprint density at radius 1 is 1.33 bits per heavy atom. The van der Waals surface area contributed by atoms with E-state index in [0.717, 1.165) is 0 Å². The smallest absolute Gasteiger partial charge is 0.255 e. The molecule has 1 aromatic rings. The fraction of sp³-hybridized carbons (Fsp3) is 0.556. The number of nitrogens with one attached hydrogen (secondary N) is 1. The third kappa shape index (κ3) is 2.37. The largest absolute Gasteiger partial charge is 0.366 e. The molecule has 1 N–H and O–H groups in total. The minimum absolute atomic E-state index is 0.0210. The molecule has 0 bridgehead atoms. The normalized spacial score (nSPS) is 19.7. The highest BCUT2D eigenvalue weighted by atomic mass is 19.3. The summed E-state index contributed by atoms with van der Waals surface area (Å²) in [5.74, 6) is -3.33. The van der Waals surface area contributed by atoms with Crippen LogP contribution in [0.2, 0.25) is 0 Å². The lowest BCUT2D eigenvalue weighted by Gasteiger charge is -2.34. The van der Waals surface area contributed by atoms with Crippen molar-refractivity contribution in [2.45, 2.75) is 18.8 Å². The Hall–Kier alpha value is -1.33. The molecule has 0 aromatic carbocycles. The van der Waals surface area contributed by atoms with Gasteiger partial charge in [-0.15, -0.1) is 0 Å². The van der Waals surface area contributed by atoms with Crippen LogP contribution in [-0.4, -0.2) is 22.4 Å². The maximum absolute atomic E-state index is 12.9. The van der Waals surface area contributed by atoms with Crippen LogP contribution in [0.1, 0.15) is 12.8 Å². The molecule has 1 aromatic heterocycles. The Morgan fingerprint density at radius 3 is 2.60 bits per heavy atom.